The minimum atomic E-state index is -0.591. The smallest absolute Gasteiger partial charge is 0.407 e. The number of carbonyl (C=O) groups excluding carboxylic acids is 2. The van der Waals surface area contributed by atoms with E-state index < -0.39 is 7.05 Å². The van der Waals surface area contributed by atoms with E-state index in [2.05, 4.69) is 5.23 Å². The van der Waals surface area contributed by atoms with Crippen LogP contribution in [0.4, 0.5) is 10.0 Å². The molecule has 2 aromatic rings. The lowest BCUT2D eigenvalue weighted by molar-refractivity contribution is 0.0722. The summed E-state index contributed by atoms with van der Waals surface area (Å²) in [7, 11) is -0.591. The van der Waals surface area contributed by atoms with E-state index in [1.165, 1.54) is 35.5 Å². The lowest BCUT2D eigenvalue weighted by Crippen LogP contribution is -2.35. The largest absolute Gasteiger partial charge is 0.433 e. The van der Waals surface area contributed by atoms with Gasteiger partial charge in [-0.15, -0.1) is 22.7 Å². The number of nitrogens with zero attached hydrogens (tertiary/aromatic N) is 2. The fourth-order valence-electron chi connectivity index (χ4n) is 3.71. The van der Waals surface area contributed by atoms with E-state index in [0.29, 0.717) is 5.00 Å². The average Bonchev–Trinajstić information content (AvgIpc) is 3.43. The van der Waals surface area contributed by atoms with Crippen molar-refractivity contribution >= 4 is 51.5 Å². The second-order valence-corrected chi connectivity index (χ2v) is 10.1. The van der Waals surface area contributed by atoms with E-state index in [1.54, 1.807) is 12.9 Å². The van der Waals surface area contributed by atoms with Gasteiger partial charge in [0.25, 0.3) is 11.8 Å². The van der Waals surface area contributed by atoms with Crippen molar-refractivity contribution in [2.24, 2.45) is 0 Å². The molecular formula is C21H31BN4O3S2. The molecule has 2 fully saturated rings. The number of nitrogens with two attached hydrogens (primary N) is 1. The molecule has 4 N–H and O–H groups in total. The first kappa shape index (κ1) is 23.6. The van der Waals surface area contributed by atoms with E-state index >= 15 is 0 Å². The quantitative estimate of drug-likeness (QED) is 0.600. The Morgan fingerprint density at radius 1 is 0.871 bits per heavy atom. The molecule has 2 saturated heterocycles. The fourth-order valence-corrected chi connectivity index (χ4v) is 5.41. The van der Waals surface area contributed by atoms with Crippen LogP contribution in [-0.4, -0.2) is 59.9 Å². The van der Waals surface area contributed by atoms with Gasteiger partial charge in [-0.2, -0.15) is 0 Å². The number of hydrogen-bond acceptors (Lipinski definition) is 7. The van der Waals surface area contributed by atoms with Crippen LogP contribution >= 0.6 is 22.7 Å². The molecule has 0 atom stereocenters. The van der Waals surface area contributed by atoms with Crippen LogP contribution < -0.4 is 11.0 Å². The molecule has 2 aliphatic rings. The number of thiophene rings is 2. The number of nitrogen functional groups attached to an aromatic ring is 1. The third-order valence-corrected chi connectivity index (χ3v) is 7.20. The summed E-state index contributed by atoms with van der Waals surface area (Å²) in [4.78, 5) is 29.4. The molecule has 0 saturated carbocycles. The minimum Gasteiger partial charge on any atom is -0.433 e. The second-order valence-electron chi connectivity index (χ2n) is 7.89. The third kappa shape index (κ3) is 6.98. The van der Waals surface area contributed by atoms with Crippen LogP contribution in [0, 0.1) is 0 Å². The Labute approximate surface area is 192 Å². The molecule has 4 heterocycles. The van der Waals surface area contributed by atoms with Gasteiger partial charge in [-0.3, -0.25) is 9.59 Å². The zero-order valence-electron chi connectivity index (χ0n) is 18.0. The molecule has 0 bridgehead atoms. The predicted octanol–water partition coefficient (Wildman–Crippen LogP) is 3.85. The Kier molecular flexibility index (Phi) is 8.80. The van der Waals surface area contributed by atoms with Crippen LogP contribution in [0.3, 0.4) is 0 Å². The van der Waals surface area contributed by atoms with Gasteiger partial charge >= 0.3 is 7.05 Å². The monoisotopic (exact) mass is 462 g/mol. The van der Waals surface area contributed by atoms with Crippen molar-refractivity contribution in [3.63, 3.8) is 0 Å². The Morgan fingerprint density at radius 2 is 1.35 bits per heavy atom. The summed E-state index contributed by atoms with van der Waals surface area (Å²) in [6.45, 7) is 5.20. The van der Waals surface area contributed by atoms with Crippen LogP contribution in [0.2, 0.25) is 6.82 Å². The van der Waals surface area contributed by atoms with Crippen molar-refractivity contribution in [2.75, 3.05) is 37.1 Å². The fraction of sp³-hybridized carbons (Fsp3) is 0.524. The first-order valence-electron chi connectivity index (χ1n) is 10.9. The van der Waals surface area contributed by atoms with Gasteiger partial charge in [0.2, 0.25) is 0 Å². The number of rotatable bonds is 4. The standard InChI is InChI=1S/C11H17BN2O2S.C10H14N2OS/c1-12(16)13-10-6-5-9(17-10)11(15)14-7-3-2-4-8-14;11-9-5-4-8(14-9)10(13)12-6-2-1-3-7-12/h5-6,13,16H,2-4,7-8H2,1H3;4-5H,1-3,6-7,11H2. The van der Waals surface area contributed by atoms with Crippen molar-refractivity contribution in [2.45, 2.75) is 45.3 Å². The van der Waals surface area contributed by atoms with E-state index in [9.17, 15) is 14.6 Å². The number of nitrogens with one attached hydrogen (secondary N) is 1. The number of piperidine rings is 2. The van der Waals surface area contributed by atoms with Crippen molar-refractivity contribution in [3.8, 4) is 0 Å². The summed E-state index contributed by atoms with van der Waals surface area (Å²) < 4.78 is 0. The van der Waals surface area contributed by atoms with Gasteiger partial charge in [0.1, 0.15) is 0 Å². The minimum absolute atomic E-state index is 0.119. The first-order valence-corrected chi connectivity index (χ1v) is 12.6. The van der Waals surface area contributed by atoms with Gasteiger partial charge < -0.3 is 25.8 Å². The molecule has 7 nitrogen and oxygen atoms in total. The van der Waals surface area contributed by atoms with Gasteiger partial charge in [-0.25, -0.2) is 0 Å². The maximum absolute atomic E-state index is 12.1. The average molecular weight is 462 g/mol. The molecule has 0 unspecified atom stereocenters. The van der Waals surface area contributed by atoms with Crippen LogP contribution in [0.15, 0.2) is 24.3 Å². The maximum Gasteiger partial charge on any atom is 0.407 e. The molecule has 0 radical (unpaired) electrons. The van der Waals surface area contributed by atoms with E-state index in [1.807, 2.05) is 28.0 Å². The van der Waals surface area contributed by atoms with Gasteiger partial charge in [0.05, 0.1) is 19.8 Å². The van der Waals surface area contributed by atoms with E-state index in [0.717, 1.165) is 66.6 Å². The molecule has 4 rings (SSSR count). The lowest BCUT2D eigenvalue weighted by Gasteiger charge is -2.26. The Balaban J connectivity index is 0.000000179. The number of anilines is 2. The van der Waals surface area contributed by atoms with Crippen LogP contribution in [0.5, 0.6) is 0 Å². The first-order chi connectivity index (χ1) is 14.9. The van der Waals surface area contributed by atoms with Crippen molar-refractivity contribution in [3.05, 3.63) is 34.0 Å². The molecule has 2 aromatic heterocycles. The number of likely N-dealkylation sites (tertiary alicyclic amines) is 2. The molecule has 0 spiro atoms. The maximum atomic E-state index is 12.1. The SMILES string of the molecule is CB(O)Nc1ccc(C(=O)N2CCCCC2)s1.Nc1ccc(C(=O)N2CCCCC2)s1. The van der Waals surface area contributed by atoms with E-state index in [4.69, 9.17) is 5.73 Å². The highest BCUT2D eigenvalue weighted by Gasteiger charge is 2.20. The zero-order valence-corrected chi connectivity index (χ0v) is 19.6. The highest BCUT2D eigenvalue weighted by atomic mass is 32.1. The normalized spacial score (nSPS) is 16.3. The lowest BCUT2D eigenvalue weighted by atomic mass is 9.89. The van der Waals surface area contributed by atoms with Crippen LogP contribution in [0.25, 0.3) is 0 Å². The number of hydrogen-bond donors (Lipinski definition) is 3. The third-order valence-electron chi connectivity index (χ3n) is 5.29. The van der Waals surface area contributed by atoms with Gasteiger partial charge in [-0.05, 0) is 69.6 Å². The van der Waals surface area contributed by atoms with E-state index in [-0.39, 0.29) is 11.8 Å². The van der Waals surface area contributed by atoms with Crippen molar-refractivity contribution in [1.29, 1.82) is 0 Å². The summed E-state index contributed by atoms with van der Waals surface area (Å²) >= 11 is 2.78. The summed E-state index contributed by atoms with van der Waals surface area (Å²) in [5.41, 5.74) is 5.59. The Bertz CT molecular complexity index is 858. The second kappa shape index (κ2) is 11.5. The van der Waals surface area contributed by atoms with Gasteiger partial charge in [0.15, 0.2) is 0 Å². The van der Waals surface area contributed by atoms with Gasteiger partial charge in [-0.1, -0.05) is 0 Å². The highest BCUT2D eigenvalue weighted by Crippen LogP contribution is 2.24. The molecule has 2 amide bonds. The Morgan fingerprint density at radius 3 is 1.81 bits per heavy atom. The molecule has 168 valence electrons. The summed E-state index contributed by atoms with van der Waals surface area (Å²) in [5, 5.41) is 13.6. The zero-order chi connectivity index (χ0) is 22.2. The molecular weight excluding hydrogens is 431 g/mol. The molecule has 0 aromatic carbocycles. The van der Waals surface area contributed by atoms with Crippen molar-refractivity contribution < 1.29 is 14.6 Å². The summed E-state index contributed by atoms with van der Waals surface area (Å²) in [6, 6.07) is 7.28. The topological polar surface area (TPSA) is 98.9 Å². The van der Waals surface area contributed by atoms with Crippen LogP contribution in [-0.2, 0) is 0 Å². The molecule has 31 heavy (non-hydrogen) atoms. The predicted molar refractivity (Wildman–Crippen MR) is 130 cm³/mol. The molecule has 2 aliphatic heterocycles. The van der Waals surface area contributed by atoms with Gasteiger partial charge in [0, 0.05) is 26.2 Å². The number of amides is 2. The summed E-state index contributed by atoms with van der Waals surface area (Å²) in [6.07, 6.45) is 6.95. The Hall–Kier alpha value is -2.04. The van der Waals surface area contributed by atoms with Crippen molar-refractivity contribution in [1.82, 2.24) is 9.80 Å². The molecule has 0 aliphatic carbocycles. The number of carbonyl (C=O) groups is 2. The molecule has 10 heteroatoms. The van der Waals surface area contributed by atoms with Crippen LogP contribution in [0.1, 0.15) is 57.9 Å². The summed E-state index contributed by atoms with van der Waals surface area (Å²) in [5.74, 6) is 0.264. The highest BCUT2D eigenvalue weighted by molar-refractivity contribution is 7.18.